The maximum absolute atomic E-state index is 12.6. The van der Waals surface area contributed by atoms with E-state index in [0.717, 1.165) is 29.7 Å². The number of carbonyl (C=O) groups excluding carboxylic acids is 2. The van der Waals surface area contributed by atoms with Crippen molar-refractivity contribution >= 4 is 22.6 Å². The first-order chi connectivity index (χ1) is 11.6. The SMILES string of the molecule is Cc1[nH]c2ccccc2c1C(=O)C(=O)NC[C@@H](C)N1CCOCC1. The number of nitrogens with one attached hydrogen (secondary N) is 2. The summed E-state index contributed by atoms with van der Waals surface area (Å²) in [7, 11) is 0. The summed E-state index contributed by atoms with van der Waals surface area (Å²) < 4.78 is 5.33. The summed E-state index contributed by atoms with van der Waals surface area (Å²) in [5.41, 5.74) is 2.05. The van der Waals surface area contributed by atoms with Crippen molar-refractivity contribution in [3.05, 3.63) is 35.5 Å². The molecule has 6 nitrogen and oxygen atoms in total. The summed E-state index contributed by atoms with van der Waals surface area (Å²) in [6.45, 7) is 7.45. The number of morpholine rings is 1. The highest BCUT2D eigenvalue weighted by Crippen LogP contribution is 2.22. The zero-order chi connectivity index (χ0) is 17.1. The molecule has 128 valence electrons. The van der Waals surface area contributed by atoms with Crippen molar-refractivity contribution in [2.75, 3.05) is 32.8 Å². The number of aryl methyl sites for hydroxylation is 1. The lowest BCUT2D eigenvalue weighted by atomic mass is 10.1. The van der Waals surface area contributed by atoms with Crippen LogP contribution in [0.25, 0.3) is 10.9 Å². The van der Waals surface area contributed by atoms with Crippen LogP contribution in [0.3, 0.4) is 0 Å². The Morgan fingerprint density at radius 2 is 2.00 bits per heavy atom. The van der Waals surface area contributed by atoms with Crippen LogP contribution in [0.1, 0.15) is 23.0 Å². The number of hydrogen-bond donors (Lipinski definition) is 2. The van der Waals surface area contributed by atoms with Gasteiger partial charge in [-0.15, -0.1) is 0 Å². The number of carbonyl (C=O) groups is 2. The van der Waals surface area contributed by atoms with Crippen molar-refractivity contribution in [1.82, 2.24) is 15.2 Å². The molecule has 6 heteroatoms. The van der Waals surface area contributed by atoms with Gasteiger partial charge in [0, 0.05) is 42.3 Å². The van der Waals surface area contributed by atoms with E-state index in [1.54, 1.807) is 0 Å². The number of aromatic amines is 1. The third kappa shape index (κ3) is 3.34. The summed E-state index contributed by atoms with van der Waals surface area (Å²) in [4.78, 5) is 30.3. The predicted octanol–water partition coefficient (Wildman–Crippen LogP) is 1.50. The third-order valence-electron chi connectivity index (χ3n) is 4.55. The van der Waals surface area contributed by atoms with Gasteiger partial charge in [0.1, 0.15) is 0 Å². The Labute approximate surface area is 141 Å². The number of ether oxygens (including phenoxy) is 1. The largest absolute Gasteiger partial charge is 0.379 e. The number of para-hydroxylation sites is 1. The van der Waals surface area contributed by atoms with Gasteiger partial charge in [-0.1, -0.05) is 18.2 Å². The van der Waals surface area contributed by atoms with Crippen molar-refractivity contribution in [3.8, 4) is 0 Å². The van der Waals surface area contributed by atoms with E-state index in [9.17, 15) is 9.59 Å². The number of aromatic nitrogens is 1. The second-order valence-corrected chi connectivity index (χ2v) is 6.21. The molecule has 0 radical (unpaired) electrons. The molecular formula is C18H23N3O3. The molecule has 1 aromatic carbocycles. The minimum absolute atomic E-state index is 0.176. The normalized spacial score (nSPS) is 16.9. The van der Waals surface area contributed by atoms with Gasteiger partial charge in [0.05, 0.1) is 18.8 Å². The highest BCUT2D eigenvalue weighted by Gasteiger charge is 2.24. The van der Waals surface area contributed by atoms with Crippen molar-refractivity contribution in [1.29, 1.82) is 0 Å². The third-order valence-corrected chi connectivity index (χ3v) is 4.55. The molecule has 0 unspecified atom stereocenters. The number of ketones is 1. The van der Waals surface area contributed by atoms with Crippen LogP contribution >= 0.6 is 0 Å². The molecule has 3 rings (SSSR count). The monoisotopic (exact) mass is 329 g/mol. The molecule has 1 atom stereocenters. The van der Waals surface area contributed by atoms with E-state index in [2.05, 4.69) is 15.2 Å². The van der Waals surface area contributed by atoms with Gasteiger partial charge in [-0.3, -0.25) is 14.5 Å². The van der Waals surface area contributed by atoms with Gasteiger partial charge < -0.3 is 15.0 Å². The molecule has 1 aliphatic heterocycles. The molecular weight excluding hydrogens is 306 g/mol. The van der Waals surface area contributed by atoms with Gasteiger partial charge in [0.25, 0.3) is 11.7 Å². The lowest BCUT2D eigenvalue weighted by molar-refractivity contribution is -0.117. The molecule has 1 aliphatic rings. The number of fused-ring (bicyclic) bond motifs is 1. The number of Topliss-reactive ketones (excluding diaryl/α,β-unsaturated/α-hetero) is 1. The average molecular weight is 329 g/mol. The number of benzene rings is 1. The van der Waals surface area contributed by atoms with Crippen LogP contribution in [0.5, 0.6) is 0 Å². The quantitative estimate of drug-likeness (QED) is 0.644. The predicted molar refractivity (Wildman–Crippen MR) is 92.2 cm³/mol. The van der Waals surface area contributed by atoms with Crippen molar-refractivity contribution in [2.45, 2.75) is 19.9 Å². The van der Waals surface area contributed by atoms with Crippen LogP contribution in [-0.2, 0) is 9.53 Å². The van der Waals surface area contributed by atoms with Crippen LogP contribution in [0.2, 0.25) is 0 Å². The lowest BCUT2D eigenvalue weighted by Gasteiger charge is -2.32. The van der Waals surface area contributed by atoms with E-state index in [-0.39, 0.29) is 6.04 Å². The second-order valence-electron chi connectivity index (χ2n) is 6.21. The van der Waals surface area contributed by atoms with Crippen molar-refractivity contribution < 1.29 is 14.3 Å². The zero-order valence-corrected chi connectivity index (χ0v) is 14.1. The fourth-order valence-electron chi connectivity index (χ4n) is 3.15. The first kappa shape index (κ1) is 16.7. The molecule has 2 aromatic rings. The van der Waals surface area contributed by atoms with E-state index in [1.165, 1.54) is 0 Å². The van der Waals surface area contributed by atoms with Gasteiger partial charge >= 0.3 is 0 Å². The Morgan fingerprint density at radius 1 is 1.29 bits per heavy atom. The maximum Gasteiger partial charge on any atom is 0.292 e. The molecule has 0 aliphatic carbocycles. The van der Waals surface area contributed by atoms with Crippen molar-refractivity contribution in [3.63, 3.8) is 0 Å². The standard InChI is InChI=1S/C18H23N3O3/c1-12(21-7-9-24-10-8-21)11-19-18(23)17(22)16-13(2)20-15-6-4-3-5-14(15)16/h3-6,12,20H,7-11H2,1-2H3,(H,19,23)/t12-/m1/s1. The van der Waals surface area contributed by atoms with E-state index in [0.29, 0.717) is 25.3 Å². The van der Waals surface area contributed by atoms with Crippen LogP contribution in [0.15, 0.2) is 24.3 Å². The summed E-state index contributed by atoms with van der Waals surface area (Å²) in [5.74, 6) is -1.04. The number of amides is 1. The first-order valence-electron chi connectivity index (χ1n) is 8.29. The molecule has 0 saturated carbocycles. The van der Waals surface area contributed by atoms with E-state index in [4.69, 9.17) is 4.74 Å². The smallest absolute Gasteiger partial charge is 0.292 e. The molecule has 1 fully saturated rings. The van der Waals surface area contributed by atoms with Crippen LogP contribution in [-0.4, -0.2) is 60.5 Å². The molecule has 1 amide bonds. The Bertz CT molecular complexity index is 747. The summed E-state index contributed by atoms with van der Waals surface area (Å²) >= 11 is 0. The van der Waals surface area contributed by atoms with Gasteiger partial charge in [-0.05, 0) is 19.9 Å². The molecule has 1 saturated heterocycles. The summed E-state index contributed by atoms with van der Waals surface area (Å²) in [6, 6.07) is 7.70. The number of rotatable bonds is 5. The summed E-state index contributed by atoms with van der Waals surface area (Å²) in [6.07, 6.45) is 0. The Kier molecular flexibility index (Phi) is 4.97. The second kappa shape index (κ2) is 7.15. The Hall–Kier alpha value is -2.18. The first-order valence-corrected chi connectivity index (χ1v) is 8.29. The highest BCUT2D eigenvalue weighted by molar-refractivity contribution is 6.45. The van der Waals surface area contributed by atoms with E-state index >= 15 is 0 Å². The lowest BCUT2D eigenvalue weighted by Crippen LogP contribution is -2.48. The number of H-pyrrole nitrogens is 1. The molecule has 2 heterocycles. The van der Waals surface area contributed by atoms with Gasteiger partial charge in [-0.2, -0.15) is 0 Å². The molecule has 2 N–H and O–H groups in total. The van der Waals surface area contributed by atoms with Crippen LogP contribution < -0.4 is 5.32 Å². The molecule has 1 aromatic heterocycles. The van der Waals surface area contributed by atoms with E-state index in [1.807, 2.05) is 38.1 Å². The van der Waals surface area contributed by atoms with Gasteiger partial charge in [0.2, 0.25) is 0 Å². The Balaban J connectivity index is 1.66. The molecule has 24 heavy (non-hydrogen) atoms. The number of hydrogen-bond acceptors (Lipinski definition) is 4. The fraction of sp³-hybridized carbons (Fsp3) is 0.444. The average Bonchev–Trinajstić information content (AvgIpc) is 2.95. The zero-order valence-electron chi connectivity index (χ0n) is 14.1. The van der Waals surface area contributed by atoms with Gasteiger partial charge in [0.15, 0.2) is 0 Å². The van der Waals surface area contributed by atoms with Crippen LogP contribution in [0, 0.1) is 6.92 Å². The maximum atomic E-state index is 12.6. The number of nitrogens with zero attached hydrogens (tertiary/aromatic N) is 1. The minimum Gasteiger partial charge on any atom is -0.379 e. The summed E-state index contributed by atoms with van der Waals surface area (Å²) in [5, 5.41) is 3.56. The minimum atomic E-state index is -0.553. The van der Waals surface area contributed by atoms with Crippen molar-refractivity contribution in [2.24, 2.45) is 0 Å². The Morgan fingerprint density at radius 3 is 2.75 bits per heavy atom. The highest BCUT2D eigenvalue weighted by atomic mass is 16.5. The van der Waals surface area contributed by atoms with E-state index < -0.39 is 11.7 Å². The molecule has 0 bridgehead atoms. The molecule has 0 spiro atoms. The van der Waals surface area contributed by atoms with Gasteiger partial charge in [-0.25, -0.2) is 0 Å². The fourth-order valence-corrected chi connectivity index (χ4v) is 3.15. The van der Waals surface area contributed by atoms with Crippen LogP contribution in [0.4, 0.5) is 0 Å². The topological polar surface area (TPSA) is 74.4 Å².